The Bertz CT molecular complexity index is 463. The fourth-order valence-electron chi connectivity index (χ4n) is 4.12. The molecule has 2 N–H and O–H groups in total. The number of unbranched alkanes of at least 4 members (excludes halogenated alkanes) is 1. The third-order valence-electron chi connectivity index (χ3n) is 6.89. The molecule has 0 aromatic carbocycles. The van der Waals surface area contributed by atoms with Gasteiger partial charge in [-0.1, -0.05) is 33.1 Å². The molecule has 0 fully saturated rings. The topological polar surface area (TPSA) is 83.8 Å². The largest absolute Gasteiger partial charge is 0.481 e. The van der Waals surface area contributed by atoms with Gasteiger partial charge in [-0.2, -0.15) is 0 Å². The van der Waals surface area contributed by atoms with Gasteiger partial charge in [0.25, 0.3) is 0 Å². The zero-order valence-corrected chi connectivity index (χ0v) is 18.6. The van der Waals surface area contributed by atoms with Crippen molar-refractivity contribution in [1.82, 2.24) is 0 Å². The number of carbonyl (C=O) groups is 2. The minimum atomic E-state index is -0.749. The zero-order valence-electron chi connectivity index (χ0n) is 18.6. The maximum atomic E-state index is 11.8. The van der Waals surface area contributed by atoms with Crippen molar-refractivity contribution in [1.29, 1.82) is 0 Å². The summed E-state index contributed by atoms with van der Waals surface area (Å²) < 4.78 is 5.61. The molecule has 0 amide bonds. The molecular weight excluding hydrogens is 344 g/mol. The molecule has 0 bridgehead atoms. The number of carboxylic acid groups (broad SMARTS) is 2. The first-order valence-electron chi connectivity index (χ1n) is 10.4. The van der Waals surface area contributed by atoms with Crippen LogP contribution < -0.4 is 0 Å². The lowest BCUT2D eigenvalue weighted by atomic mass is 9.60. The van der Waals surface area contributed by atoms with E-state index < -0.39 is 22.8 Å². The number of methoxy groups -OCH3 is 1. The van der Waals surface area contributed by atoms with Crippen LogP contribution in [-0.2, 0) is 14.3 Å². The molecule has 0 aliphatic rings. The van der Waals surface area contributed by atoms with Gasteiger partial charge < -0.3 is 14.9 Å². The van der Waals surface area contributed by atoms with E-state index in [1.807, 2.05) is 13.8 Å². The van der Waals surface area contributed by atoms with E-state index in [0.29, 0.717) is 6.42 Å². The predicted molar refractivity (Wildman–Crippen MR) is 109 cm³/mol. The van der Waals surface area contributed by atoms with E-state index in [1.54, 1.807) is 21.0 Å². The average molecular weight is 387 g/mol. The normalized spacial score (nSPS) is 14.2. The summed E-state index contributed by atoms with van der Waals surface area (Å²) >= 11 is 0. The summed E-state index contributed by atoms with van der Waals surface area (Å²) in [5.74, 6) is -1.47. The molecule has 1 atom stereocenters. The van der Waals surface area contributed by atoms with Crippen LogP contribution in [0.25, 0.3) is 0 Å². The molecule has 0 aromatic rings. The minimum absolute atomic E-state index is 0.150. The number of aliphatic carboxylic acids is 2. The minimum Gasteiger partial charge on any atom is -0.481 e. The molecular formula is C22H42O5. The maximum Gasteiger partial charge on any atom is 0.309 e. The van der Waals surface area contributed by atoms with Crippen LogP contribution in [-0.4, -0.2) is 35.4 Å². The molecule has 0 rings (SSSR count). The fraction of sp³-hybridized carbons (Fsp3) is 0.909. The summed E-state index contributed by atoms with van der Waals surface area (Å²) in [6.07, 6.45) is 7.99. The van der Waals surface area contributed by atoms with Crippen molar-refractivity contribution in [3.05, 3.63) is 0 Å². The third kappa shape index (κ3) is 7.10. The Labute approximate surface area is 165 Å². The van der Waals surface area contributed by atoms with Crippen molar-refractivity contribution in [2.75, 3.05) is 7.11 Å². The predicted octanol–water partition coefficient (Wildman–Crippen LogP) is 5.76. The standard InChI is InChI=1S/C22H42O5/c1-8-22(9-2,21(5,6)19(25)26)16-12-14-17(27-7)13-10-11-15-20(3,4)18(23)24/h17H,8-16H2,1-7H3,(H,23,24)(H,25,26). The Kier molecular flexibility index (Phi) is 10.6. The maximum absolute atomic E-state index is 11.8. The lowest BCUT2D eigenvalue weighted by Gasteiger charge is -2.43. The van der Waals surface area contributed by atoms with Crippen LogP contribution >= 0.6 is 0 Å². The SMILES string of the molecule is CCC(CC)(CCCC(CCCCC(C)(C)C(=O)O)OC)C(C)(C)C(=O)O. The highest BCUT2D eigenvalue weighted by Gasteiger charge is 2.47. The molecule has 0 spiro atoms. The van der Waals surface area contributed by atoms with Gasteiger partial charge in [-0.05, 0) is 71.6 Å². The molecule has 0 heterocycles. The summed E-state index contributed by atoms with van der Waals surface area (Å²) in [7, 11) is 1.72. The Hall–Kier alpha value is -1.10. The second kappa shape index (κ2) is 11.0. The van der Waals surface area contributed by atoms with Crippen molar-refractivity contribution in [2.24, 2.45) is 16.2 Å². The molecule has 27 heavy (non-hydrogen) atoms. The molecule has 0 radical (unpaired) electrons. The van der Waals surface area contributed by atoms with Crippen molar-refractivity contribution >= 4 is 11.9 Å². The van der Waals surface area contributed by atoms with E-state index in [4.69, 9.17) is 4.74 Å². The number of rotatable bonds is 15. The number of carboxylic acids is 2. The Balaban J connectivity index is 4.57. The zero-order chi connectivity index (χ0) is 21.3. The Morgan fingerprint density at radius 1 is 0.852 bits per heavy atom. The second-order valence-corrected chi connectivity index (χ2v) is 9.10. The van der Waals surface area contributed by atoms with Crippen LogP contribution in [0.5, 0.6) is 0 Å². The number of hydrogen-bond donors (Lipinski definition) is 2. The first-order valence-corrected chi connectivity index (χ1v) is 10.4. The van der Waals surface area contributed by atoms with Crippen LogP contribution in [0.15, 0.2) is 0 Å². The van der Waals surface area contributed by atoms with Gasteiger partial charge in [0.15, 0.2) is 0 Å². The van der Waals surface area contributed by atoms with Crippen LogP contribution in [0.3, 0.4) is 0 Å². The van der Waals surface area contributed by atoms with Gasteiger partial charge in [-0.25, -0.2) is 0 Å². The third-order valence-corrected chi connectivity index (χ3v) is 6.89. The monoisotopic (exact) mass is 386 g/mol. The number of hydrogen-bond acceptors (Lipinski definition) is 3. The van der Waals surface area contributed by atoms with Gasteiger partial charge in [-0.15, -0.1) is 0 Å². The molecule has 160 valence electrons. The second-order valence-electron chi connectivity index (χ2n) is 9.10. The van der Waals surface area contributed by atoms with Gasteiger partial charge in [0.05, 0.1) is 16.9 Å². The number of ether oxygens (including phenoxy) is 1. The molecule has 5 nitrogen and oxygen atoms in total. The first-order chi connectivity index (χ1) is 12.4. The van der Waals surface area contributed by atoms with Gasteiger partial charge in [0.1, 0.15) is 0 Å². The average Bonchev–Trinajstić information content (AvgIpc) is 2.60. The van der Waals surface area contributed by atoms with Crippen molar-refractivity contribution in [3.63, 3.8) is 0 Å². The molecule has 0 aliphatic carbocycles. The van der Waals surface area contributed by atoms with Crippen molar-refractivity contribution < 1.29 is 24.5 Å². The van der Waals surface area contributed by atoms with Gasteiger partial charge in [0.2, 0.25) is 0 Å². The van der Waals surface area contributed by atoms with Crippen LogP contribution in [0.4, 0.5) is 0 Å². The lowest BCUT2D eigenvalue weighted by Crippen LogP contribution is -2.43. The molecule has 0 aliphatic heterocycles. The van der Waals surface area contributed by atoms with Crippen molar-refractivity contribution in [3.8, 4) is 0 Å². The Morgan fingerprint density at radius 3 is 1.78 bits per heavy atom. The van der Waals surface area contributed by atoms with Crippen LogP contribution in [0.2, 0.25) is 0 Å². The summed E-state index contributed by atoms with van der Waals surface area (Å²) in [6.45, 7) is 11.4. The molecule has 0 saturated carbocycles. The smallest absolute Gasteiger partial charge is 0.309 e. The van der Waals surface area contributed by atoms with Gasteiger partial charge >= 0.3 is 11.9 Å². The summed E-state index contributed by atoms with van der Waals surface area (Å²) in [6, 6.07) is 0. The summed E-state index contributed by atoms with van der Waals surface area (Å²) in [4.78, 5) is 22.9. The highest BCUT2D eigenvalue weighted by Crippen LogP contribution is 2.48. The fourth-order valence-corrected chi connectivity index (χ4v) is 4.12. The molecule has 0 saturated heterocycles. The van der Waals surface area contributed by atoms with Gasteiger partial charge in [-0.3, -0.25) is 9.59 Å². The Morgan fingerprint density at radius 2 is 1.37 bits per heavy atom. The van der Waals surface area contributed by atoms with Crippen LogP contribution in [0.1, 0.15) is 99.3 Å². The van der Waals surface area contributed by atoms with E-state index in [9.17, 15) is 19.8 Å². The molecule has 0 aromatic heterocycles. The van der Waals surface area contributed by atoms with Crippen LogP contribution in [0, 0.1) is 16.2 Å². The quantitative estimate of drug-likeness (QED) is 0.350. The van der Waals surface area contributed by atoms with E-state index in [1.165, 1.54) is 0 Å². The highest BCUT2D eigenvalue weighted by molar-refractivity contribution is 5.74. The van der Waals surface area contributed by atoms with E-state index in [2.05, 4.69) is 13.8 Å². The van der Waals surface area contributed by atoms with E-state index in [0.717, 1.165) is 51.4 Å². The van der Waals surface area contributed by atoms with Gasteiger partial charge in [0, 0.05) is 7.11 Å². The highest BCUT2D eigenvalue weighted by atomic mass is 16.5. The molecule has 1 unspecified atom stereocenters. The summed E-state index contributed by atoms with van der Waals surface area (Å²) in [5, 5.41) is 18.8. The van der Waals surface area contributed by atoms with Crippen molar-refractivity contribution in [2.45, 2.75) is 105 Å². The molecule has 5 heteroatoms. The van der Waals surface area contributed by atoms with E-state index in [-0.39, 0.29) is 11.5 Å². The summed E-state index contributed by atoms with van der Waals surface area (Å²) in [5.41, 5.74) is -1.63. The first kappa shape index (κ1) is 25.9. The lowest BCUT2D eigenvalue weighted by molar-refractivity contribution is -0.156. The van der Waals surface area contributed by atoms with E-state index >= 15 is 0 Å².